The molecule has 0 fully saturated rings. The maximum absolute atomic E-state index is 11.0. The van der Waals surface area contributed by atoms with E-state index in [-0.39, 0.29) is 11.7 Å². The molecule has 0 radical (unpaired) electrons. The molecule has 0 saturated carbocycles. The number of imide groups is 1. The van der Waals surface area contributed by atoms with Crippen molar-refractivity contribution < 1.29 is 9.59 Å². The first kappa shape index (κ1) is 12.2. The van der Waals surface area contributed by atoms with Crippen LogP contribution in [0.25, 0.3) is 0 Å². The molecule has 0 aromatic rings. The Morgan fingerprint density at radius 2 is 2.15 bits per heavy atom. The summed E-state index contributed by atoms with van der Waals surface area (Å²) in [6, 6.07) is -0.444. The van der Waals surface area contributed by atoms with Crippen LogP contribution in [0.1, 0.15) is 6.92 Å². The number of nitrogens with one attached hydrogen (secondary N) is 2. The Bertz CT molecular complexity index is 175. The van der Waals surface area contributed by atoms with Crippen LogP contribution >= 0.6 is 11.8 Å². The number of amides is 3. The van der Waals surface area contributed by atoms with Gasteiger partial charge in [0.05, 0.1) is 5.75 Å². The molecule has 0 bridgehead atoms. The van der Waals surface area contributed by atoms with E-state index in [0.717, 1.165) is 5.75 Å². The van der Waals surface area contributed by atoms with Gasteiger partial charge in [-0.2, -0.15) is 11.8 Å². The van der Waals surface area contributed by atoms with E-state index >= 15 is 0 Å². The van der Waals surface area contributed by atoms with Gasteiger partial charge in [-0.1, -0.05) is 0 Å². The molecule has 4 N–H and O–H groups in total. The first-order valence-electron chi connectivity index (χ1n) is 4.06. The SMILES string of the molecule is CCNC(=O)NC(=O)CSCCN. The van der Waals surface area contributed by atoms with Crippen molar-refractivity contribution in [2.24, 2.45) is 5.73 Å². The number of nitrogens with two attached hydrogens (primary N) is 1. The lowest BCUT2D eigenvalue weighted by molar-refractivity contribution is -0.117. The summed E-state index contributed by atoms with van der Waals surface area (Å²) < 4.78 is 0. The minimum Gasteiger partial charge on any atom is -0.338 e. The van der Waals surface area contributed by atoms with Crippen LogP contribution < -0.4 is 16.4 Å². The third-order valence-electron chi connectivity index (χ3n) is 1.09. The van der Waals surface area contributed by atoms with Crippen molar-refractivity contribution in [2.75, 3.05) is 24.6 Å². The monoisotopic (exact) mass is 205 g/mol. The fraction of sp³-hybridized carbons (Fsp3) is 0.714. The highest BCUT2D eigenvalue weighted by molar-refractivity contribution is 7.99. The van der Waals surface area contributed by atoms with Gasteiger partial charge in [-0.3, -0.25) is 10.1 Å². The normalized spacial score (nSPS) is 9.38. The fourth-order valence-corrected chi connectivity index (χ4v) is 1.18. The van der Waals surface area contributed by atoms with Crippen LogP contribution in [-0.2, 0) is 4.79 Å². The predicted octanol–water partition coefficient (Wildman–Crippen LogP) is -0.476. The van der Waals surface area contributed by atoms with Crippen molar-refractivity contribution in [3.63, 3.8) is 0 Å². The highest BCUT2D eigenvalue weighted by Gasteiger charge is 2.05. The van der Waals surface area contributed by atoms with E-state index in [0.29, 0.717) is 13.1 Å². The number of rotatable bonds is 5. The zero-order chi connectivity index (χ0) is 10.1. The molecule has 76 valence electrons. The predicted molar refractivity (Wildman–Crippen MR) is 53.6 cm³/mol. The van der Waals surface area contributed by atoms with E-state index < -0.39 is 6.03 Å². The molecule has 3 amide bonds. The molecule has 0 aromatic heterocycles. The van der Waals surface area contributed by atoms with Crippen LogP contribution in [0.2, 0.25) is 0 Å². The molecule has 0 spiro atoms. The first-order chi connectivity index (χ1) is 6.20. The Kier molecular flexibility index (Phi) is 7.42. The van der Waals surface area contributed by atoms with Crippen LogP contribution in [0.3, 0.4) is 0 Å². The van der Waals surface area contributed by atoms with Crippen molar-refractivity contribution in [3.05, 3.63) is 0 Å². The molecule has 0 aliphatic carbocycles. The maximum atomic E-state index is 11.0. The van der Waals surface area contributed by atoms with Gasteiger partial charge in [-0.15, -0.1) is 0 Å². The molecule has 0 aromatic carbocycles. The summed E-state index contributed by atoms with van der Waals surface area (Å²) in [4.78, 5) is 21.8. The summed E-state index contributed by atoms with van der Waals surface area (Å²) in [6.45, 7) is 2.83. The van der Waals surface area contributed by atoms with E-state index in [1.807, 2.05) is 0 Å². The van der Waals surface area contributed by atoms with Crippen molar-refractivity contribution in [2.45, 2.75) is 6.92 Å². The number of hydrogen-bond donors (Lipinski definition) is 3. The molecule has 0 aliphatic rings. The van der Waals surface area contributed by atoms with E-state index in [2.05, 4.69) is 10.6 Å². The molecule has 0 heterocycles. The molecule has 13 heavy (non-hydrogen) atoms. The summed E-state index contributed by atoms with van der Waals surface area (Å²) in [5.74, 6) is 0.710. The Morgan fingerprint density at radius 3 is 2.69 bits per heavy atom. The molecule has 0 unspecified atom stereocenters. The van der Waals surface area contributed by atoms with Gasteiger partial charge < -0.3 is 11.1 Å². The third-order valence-corrected chi connectivity index (χ3v) is 2.08. The van der Waals surface area contributed by atoms with Gasteiger partial charge in [-0.25, -0.2) is 4.79 Å². The zero-order valence-corrected chi connectivity index (χ0v) is 8.45. The van der Waals surface area contributed by atoms with Crippen LogP contribution in [0, 0.1) is 0 Å². The van der Waals surface area contributed by atoms with Crippen molar-refractivity contribution in [1.82, 2.24) is 10.6 Å². The Labute approximate surface area is 81.8 Å². The molecule has 5 nitrogen and oxygen atoms in total. The highest BCUT2D eigenvalue weighted by atomic mass is 32.2. The largest absolute Gasteiger partial charge is 0.338 e. The van der Waals surface area contributed by atoms with Crippen LogP contribution in [0.4, 0.5) is 4.79 Å². The second-order valence-corrected chi connectivity index (χ2v) is 3.35. The summed E-state index contributed by atoms with van der Waals surface area (Å²) in [5.41, 5.74) is 5.23. The van der Waals surface area contributed by atoms with Gasteiger partial charge in [0, 0.05) is 18.8 Å². The number of thioether (sulfide) groups is 1. The molecule has 0 rings (SSSR count). The number of carbonyl (C=O) groups excluding carboxylic acids is 2. The first-order valence-corrected chi connectivity index (χ1v) is 5.21. The van der Waals surface area contributed by atoms with Crippen LogP contribution in [-0.4, -0.2) is 36.5 Å². The molecular formula is C7H15N3O2S. The lowest BCUT2D eigenvalue weighted by Crippen LogP contribution is -2.40. The average molecular weight is 205 g/mol. The van der Waals surface area contributed by atoms with E-state index in [9.17, 15) is 9.59 Å². The Hall–Kier alpha value is -0.750. The summed E-state index contributed by atoms with van der Waals surface area (Å²) >= 11 is 1.40. The lowest BCUT2D eigenvalue weighted by Gasteiger charge is -2.03. The fourth-order valence-electron chi connectivity index (χ4n) is 0.616. The topological polar surface area (TPSA) is 84.2 Å². The van der Waals surface area contributed by atoms with Crippen molar-refractivity contribution in [1.29, 1.82) is 0 Å². The molecule has 0 aliphatic heterocycles. The van der Waals surface area contributed by atoms with Gasteiger partial charge in [-0.05, 0) is 6.92 Å². The zero-order valence-electron chi connectivity index (χ0n) is 7.63. The van der Waals surface area contributed by atoms with Gasteiger partial charge in [0.1, 0.15) is 0 Å². The average Bonchev–Trinajstić information content (AvgIpc) is 2.05. The van der Waals surface area contributed by atoms with E-state index in [1.165, 1.54) is 11.8 Å². The summed E-state index contributed by atoms with van der Waals surface area (Å²) in [5, 5.41) is 4.65. The molecule has 0 atom stereocenters. The van der Waals surface area contributed by atoms with Crippen molar-refractivity contribution in [3.8, 4) is 0 Å². The maximum Gasteiger partial charge on any atom is 0.321 e. The van der Waals surface area contributed by atoms with Crippen LogP contribution in [0.15, 0.2) is 0 Å². The van der Waals surface area contributed by atoms with Gasteiger partial charge >= 0.3 is 6.03 Å². The van der Waals surface area contributed by atoms with Gasteiger partial charge in [0.2, 0.25) is 5.91 Å². The number of urea groups is 1. The summed E-state index contributed by atoms with van der Waals surface area (Å²) in [7, 11) is 0. The minimum atomic E-state index is -0.444. The van der Waals surface area contributed by atoms with E-state index in [1.54, 1.807) is 6.92 Å². The third kappa shape index (κ3) is 7.61. The second-order valence-electron chi connectivity index (χ2n) is 2.25. The van der Waals surface area contributed by atoms with Gasteiger partial charge in [0.25, 0.3) is 0 Å². The minimum absolute atomic E-state index is 0.272. The van der Waals surface area contributed by atoms with Crippen LogP contribution in [0.5, 0.6) is 0 Å². The Balaban J connectivity index is 3.44. The number of hydrogen-bond acceptors (Lipinski definition) is 4. The quantitative estimate of drug-likeness (QED) is 0.529. The lowest BCUT2D eigenvalue weighted by atomic mass is 10.6. The summed E-state index contributed by atoms with van der Waals surface area (Å²) in [6.07, 6.45) is 0. The number of carbonyl (C=O) groups is 2. The molecular weight excluding hydrogens is 190 g/mol. The standard InChI is InChI=1S/C7H15N3O2S/c1-2-9-7(12)10-6(11)5-13-4-3-8/h2-5,8H2,1H3,(H2,9,10,11,12). The smallest absolute Gasteiger partial charge is 0.321 e. The van der Waals surface area contributed by atoms with Crippen molar-refractivity contribution >= 4 is 23.7 Å². The molecule has 0 saturated heterocycles. The Morgan fingerprint density at radius 1 is 1.46 bits per heavy atom. The van der Waals surface area contributed by atoms with E-state index in [4.69, 9.17) is 5.73 Å². The van der Waals surface area contributed by atoms with Gasteiger partial charge in [0.15, 0.2) is 0 Å². The second kappa shape index (κ2) is 7.88. The molecule has 6 heteroatoms. The highest BCUT2D eigenvalue weighted by Crippen LogP contribution is 1.95.